The number of anilines is 1. The first kappa shape index (κ1) is 32.7. The van der Waals surface area contributed by atoms with E-state index in [4.69, 9.17) is 18.9 Å². The van der Waals surface area contributed by atoms with Gasteiger partial charge in [-0.3, -0.25) is 14.4 Å². The van der Waals surface area contributed by atoms with E-state index < -0.39 is 12.1 Å². The minimum absolute atomic E-state index is 0.0932. The van der Waals surface area contributed by atoms with Gasteiger partial charge in [0.2, 0.25) is 23.0 Å². The van der Waals surface area contributed by atoms with Crippen molar-refractivity contribution in [3.8, 4) is 28.4 Å². The lowest BCUT2D eigenvalue weighted by Gasteiger charge is -2.22. The third kappa shape index (κ3) is 7.73. The topological polar surface area (TPSA) is 124 Å². The van der Waals surface area contributed by atoms with Crippen LogP contribution >= 0.6 is 0 Å². The zero-order valence-electron chi connectivity index (χ0n) is 26.0. The van der Waals surface area contributed by atoms with Crippen LogP contribution in [0.25, 0.3) is 11.1 Å². The van der Waals surface area contributed by atoms with E-state index in [-0.39, 0.29) is 35.0 Å². The van der Waals surface area contributed by atoms with Crippen LogP contribution in [0.1, 0.15) is 64.6 Å². The van der Waals surface area contributed by atoms with Crippen molar-refractivity contribution in [2.45, 2.75) is 72.1 Å². The molecule has 2 aromatic carbocycles. The van der Waals surface area contributed by atoms with Gasteiger partial charge in [-0.25, -0.2) is 0 Å². The molecule has 2 aromatic rings. The van der Waals surface area contributed by atoms with Gasteiger partial charge in [-0.15, -0.1) is 0 Å². The van der Waals surface area contributed by atoms with Crippen LogP contribution in [0.4, 0.5) is 5.69 Å². The van der Waals surface area contributed by atoms with E-state index >= 15 is 0 Å². The monoisotopic (exact) mass is 583 g/mol. The minimum atomic E-state index is -0.636. The van der Waals surface area contributed by atoms with E-state index in [1.54, 1.807) is 33.5 Å². The maximum atomic E-state index is 13.7. The van der Waals surface area contributed by atoms with Crippen LogP contribution in [0.15, 0.2) is 29.1 Å². The molecule has 0 heterocycles. The summed E-state index contributed by atoms with van der Waals surface area (Å²) in [4.78, 5) is 39.0. The van der Waals surface area contributed by atoms with E-state index in [2.05, 4.69) is 16.0 Å². The van der Waals surface area contributed by atoms with Crippen molar-refractivity contribution in [3.63, 3.8) is 0 Å². The Morgan fingerprint density at radius 1 is 1.00 bits per heavy atom. The van der Waals surface area contributed by atoms with Crippen LogP contribution < -0.4 is 35.6 Å². The molecular weight excluding hydrogens is 538 g/mol. The fourth-order valence-electron chi connectivity index (χ4n) is 5.24. The maximum Gasteiger partial charge on any atom is 0.242 e. The van der Waals surface area contributed by atoms with Gasteiger partial charge in [-0.1, -0.05) is 19.9 Å². The van der Waals surface area contributed by atoms with Crippen molar-refractivity contribution in [2.75, 3.05) is 39.8 Å². The predicted molar refractivity (Wildman–Crippen MR) is 164 cm³/mol. The molecule has 0 aromatic heterocycles. The number of amides is 2. The average molecular weight is 584 g/mol. The Labute approximate surface area is 248 Å². The van der Waals surface area contributed by atoms with E-state index in [0.29, 0.717) is 55.2 Å². The highest BCUT2D eigenvalue weighted by Gasteiger charge is 2.30. The molecule has 2 amide bonds. The Balaban J connectivity index is 2.08. The molecule has 2 atom stereocenters. The molecule has 3 N–H and O–H groups in total. The first-order valence-electron chi connectivity index (χ1n) is 14.5. The number of hydrogen-bond acceptors (Lipinski definition) is 8. The average Bonchev–Trinajstić information content (AvgIpc) is 3.18. The van der Waals surface area contributed by atoms with Crippen molar-refractivity contribution in [1.82, 2.24) is 10.6 Å². The van der Waals surface area contributed by atoms with E-state index in [9.17, 15) is 14.4 Å². The third-order valence-corrected chi connectivity index (χ3v) is 7.25. The Morgan fingerprint density at radius 3 is 2.31 bits per heavy atom. The molecule has 230 valence electrons. The van der Waals surface area contributed by atoms with Crippen molar-refractivity contribution >= 4 is 17.5 Å². The number of rotatable bonds is 13. The molecule has 0 radical (unpaired) electrons. The van der Waals surface area contributed by atoms with Crippen LogP contribution in [0.2, 0.25) is 0 Å². The standard InChI is InChI=1S/C32H45N3O7/c1-18(2)29(32(38)33-14-9-15-42-19(3)4)35-25-13-11-22-23(17-26(25)37)24(34-20(5)36)12-10-21-16-27(39-6)30(40-7)31(41-8)28(21)22/h11,13,16-19,24,29H,9-10,12,14-15H2,1-8H3,(H,33,38)(H,34,36)(H,35,37). The van der Waals surface area contributed by atoms with Crippen LogP contribution in [0.5, 0.6) is 17.2 Å². The highest BCUT2D eigenvalue weighted by Crippen LogP contribution is 2.50. The Bertz CT molecular complexity index is 1330. The lowest BCUT2D eigenvalue weighted by molar-refractivity contribution is -0.122. The molecule has 1 aliphatic carbocycles. The van der Waals surface area contributed by atoms with Crippen molar-refractivity contribution in [3.05, 3.63) is 45.6 Å². The minimum Gasteiger partial charge on any atom is -0.493 e. The van der Waals surface area contributed by atoms with Crippen LogP contribution in [0.3, 0.4) is 0 Å². The molecule has 0 saturated carbocycles. The van der Waals surface area contributed by atoms with E-state index in [0.717, 1.165) is 16.7 Å². The summed E-state index contributed by atoms with van der Waals surface area (Å²) >= 11 is 0. The van der Waals surface area contributed by atoms with Gasteiger partial charge >= 0.3 is 0 Å². The SMILES string of the molecule is COc1cc2c(c(OC)c1OC)-c1ccc(NC(C(=O)NCCCOC(C)C)C(C)C)c(=O)cc1C(NC(C)=O)CC2. The number of carbonyl (C=O) groups is 2. The summed E-state index contributed by atoms with van der Waals surface area (Å²) < 4.78 is 22.6. The van der Waals surface area contributed by atoms with Crippen LogP contribution in [0, 0.1) is 5.92 Å². The van der Waals surface area contributed by atoms with Gasteiger partial charge in [0.1, 0.15) is 6.04 Å². The van der Waals surface area contributed by atoms with Crippen molar-refractivity contribution < 1.29 is 28.5 Å². The quantitative estimate of drug-likeness (QED) is 0.299. The number of nitrogens with one attached hydrogen (secondary N) is 3. The van der Waals surface area contributed by atoms with Crippen LogP contribution in [-0.2, 0) is 20.7 Å². The molecule has 0 fully saturated rings. The summed E-state index contributed by atoms with van der Waals surface area (Å²) in [5.74, 6) is 0.954. The lowest BCUT2D eigenvalue weighted by atomic mass is 9.95. The molecule has 0 bridgehead atoms. The molecule has 0 saturated heterocycles. The van der Waals surface area contributed by atoms with Gasteiger partial charge in [0.15, 0.2) is 11.5 Å². The van der Waals surface area contributed by atoms with E-state index in [1.165, 1.54) is 6.92 Å². The summed E-state index contributed by atoms with van der Waals surface area (Å²) in [6.45, 7) is 10.3. The van der Waals surface area contributed by atoms with Gasteiger partial charge in [-0.05, 0) is 73.9 Å². The second-order valence-electron chi connectivity index (χ2n) is 11.0. The summed E-state index contributed by atoms with van der Waals surface area (Å²) in [6, 6.07) is 5.93. The maximum absolute atomic E-state index is 13.7. The highest BCUT2D eigenvalue weighted by molar-refractivity contribution is 5.86. The number of hydrogen-bond donors (Lipinski definition) is 3. The second-order valence-corrected chi connectivity index (χ2v) is 11.0. The molecule has 10 heteroatoms. The third-order valence-electron chi connectivity index (χ3n) is 7.25. The molecule has 10 nitrogen and oxygen atoms in total. The molecule has 0 spiro atoms. The van der Waals surface area contributed by atoms with Gasteiger partial charge < -0.3 is 34.9 Å². The van der Waals surface area contributed by atoms with E-state index in [1.807, 2.05) is 39.8 Å². The second kappa shape index (κ2) is 14.9. The number of methoxy groups -OCH3 is 3. The summed E-state index contributed by atoms with van der Waals surface area (Å²) in [5, 5.41) is 9.16. The lowest BCUT2D eigenvalue weighted by Crippen LogP contribution is -2.44. The normalized spacial score (nSPS) is 14.8. The van der Waals surface area contributed by atoms with Crippen molar-refractivity contribution in [2.24, 2.45) is 5.92 Å². The zero-order chi connectivity index (χ0) is 31.0. The number of fused-ring (bicyclic) bond motifs is 3. The van der Waals surface area contributed by atoms with Gasteiger partial charge in [0.25, 0.3) is 0 Å². The number of aryl methyl sites for hydroxylation is 1. The first-order valence-corrected chi connectivity index (χ1v) is 14.5. The molecular formula is C32H45N3O7. The number of ether oxygens (including phenoxy) is 4. The van der Waals surface area contributed by atoms with Gasteiger partial charge in [0.05, 0.1) is 39.2 Å². The predicted octanol–water partition coefficient (Wildman–Crippen LogP) is 4.23. The van der Waals surface area contributed by atoms with Crippen molar-refractivity contribution in [1.29, 1.82) is 0 Å². The smallest absolute Gasteiger partial charge is 0.242 e. The molecule has 2 unspecified atom stereocenters. The zero-order valence-corrected chi connectivity index (χ0v) is 26.0. The first-order chi connectivity index (χ1) is 20.0. The summed E-state index contributed by atoms with van der Waals surface area (Å²) in [5.41, 5.74) is 3.07. The number of benzene rings is 1. The Kier molecular flexibility index (Phi) is 11.6. The molecule has 1 aliphatic rings. The fourth-order valence-corrected chi connectivity index (χ4v) is 5.24. The molecule has 3 rings (SSSR count). The number of carbonyl (C=O) groups excluding carboxylic acids is 2. The highest BCUT2D eigenvalue weighted by atomic mass is 16.5. The Hall–Kier alpha value is -3.79. The molecule has 42 heavy (non-hydrogen) atoms. The largest absolute Gasteiger partial charge is 0.493 e. The fraction of sp³-hybridized carbons (Fsp3) is 0.531. The van der Waals surface area contributed by atoms with Crippen LogP contribution in [-0.4, -0.2) is 58.4 Å². The summed E-state index contributed by atoms with van der Waals surface area (Å²) in [6.07, 6.45) is 1.98. The summed E-state index contributed by atoms with van der Waals surface area (Å²) in [7, 11) is 4.67. The molecule has 0 aliphatic heterocycles. The van der Waals surface area contributed by atoms with Gasteiger partial charge in [0, 0.05) is 25.6 Å². The Morgan fingerprint density at radius 2 is 1.71 bits per heavy atom. The van der Waals surface area contributed by atoms with Gasteiger partial charge in [-0.2, -0.15) is 0 Å².